The molecule has 1 aliphatic rings. The van der Waals surface area contributed by atoms with Crippen LogP contribution in [0.4, 0.5) is 10.2 Å². The Bertz CT molecular complexity index is 1260. The monoisotopic (exact) mass is 459 g/mol. The van der Waals surface area contributed by atoms with Gasteiger partial charge in [0.25, 0.3) is 11.4 Å². The molecule has 1 aromatic carbocycles. The molecule has 0 spiro atoms. The molecule has 0 atom stereocenters. The van der Waals surface area contributed by atoms with Crippen molar-refractivity contribution in [2.24, 2.45) is 4.99 Å². The van der Waals surface area contributed by atoms with Crippen LogP contribution in [0.15, 0.2) is 43.4 Å². The van der Waals surface area contributed by atoms with Crippen LogP contribution in [0, 0.1) is 5.82 Å². The second-order valence-corrected chi connectivity index (χ2v) is 8.13. The number of nitrogens with zero attached hydrogens (tertiary/aromatic N) is 5. The summed E-state index contributed by atoms with van der Waals surface area (Å²) in [6.07, 6.45) is 3.78. The van der Waals surface area contributed by atoms with Gasteiger partial charge < -0.3 is 4.52 Å². The van der Waals surface area contributed by atoms with Crippen molar-refractivity contribution in [3.05, 3.63) is 62.3 Å². The maximum Gasteiger partial charge on any atom is 0.332 e. The maximum atomic E-state index is 13.1. The van der Waals surface area contributed by atoms with Crippen molar-refractivity contribution in [2.75, 3.05) is 0 Å². The van der Waals surface area contributed by atoms with E-state index in [9.17, 15) is 14.0 Å². The highest BCUT2D eigenvalue weighted by molar-refractivity contribution is 6.66. The van der Waals surface area contributed by atoms with Crippen molar-refractivity contribution < 1.29 is 8.91 Å². The molecule has 0 saturated heterocycles. The fourth-order valence-electron chi connectivity index (χ4n) is 3.66. The molecule has 3 aromatic rings. The lowest BCUT2D eigenvalue weighted by Gasteiger charge is -2.13. The summed E-state index contributed by atoms with van der Waals surface area (Å²) in [6, 6.07) is 5.82. The quantitative estimate of drug-likeness (QED) is 0.453. The molecule has 0 aliphatic carbocycles. The molecule has 0 fully saturated rings. The van der Waals surface area contributed by atoms with E-state index in [1.807, 2.05) is 6.92 Å². The summed E-state index contributed by atoms with van der Waals surface area (Å²) >= 11 is 6.05. The van der Waals surface area contributed by atoms with Gasteiger partial charge in [0.05, 0.1) is 5.56 Å². The fraction of sp³-hybridized carbons (Fsp3) is 0.409. The third-order valence-electron chi connectivity index (χ3n) is 5.37. The lowest BCUT2D eigenvalue weighted by molar-refractivity contribution is 0.420. The number of aliphatic imine (C=N–C) groups is 1. The van der Waals surface area contributed by atoms with Gasteiger partial charge in [-0.15, -0.1) is 0 Å². The van der Waals surface area contributed by atoms with Gasteiger partial charge in [-0.25, -0.2) is 14.2 Å². The summed E-state index contributed by atoms with van der Waals surface area (Å²) in [5, 5.41) is 4.28. The molecular formula is C22H23ClFN5O3. The average molecular weight is 460 g/mol. The van der Waals surface area contributed by atoms with Crippen molar-refractivity contribution in [3.8, 4) is 11.5 Å². The van der Waals surface area contributed by atoms with Gasteiger partial charge in [-0.1, -0.05) is 30.1 Å². The second kappa shape index (κ2) is 9.60. The molecule has 0 unspecified atom stereocenters. The summed E-state index contributed by atoms with van der Waals surface area (Å²) in [4.78, 5) is 34.4. The first-order valence-electron chi connectivity index (χ1n) is 10.7. The van der Waals surface area contributed by atoms with Gasteiger partial charge >= 0.3 is 5.69 Å². The number of aryl methyl sites for hydroxylation is 1. The first kappa shape index (κ1) is 22.1. The predicted octanol–water partition coefficient (Wildman–Crippen LogP) is 3.85. The standard InChI is InChI=1S/C22H23ClFN5O3/c1-2-3-11-28-19-16(13-17(23)25-19)21(30)29(22(28)31)12-5-4-6-18-26-20(32-27-18)14-7-9-15(24)10-8-14/h7-10H,2-6,11-13H2,1H3. The van der Waals surface area contributed by atoms with Gasteiger partial charge in [0.2, 0.25) is 0 Å². The van der Waals surface area contributed by atoms with Crippen molar-refractivity contribution in [1.82, 2.24) is 19.3 Å². The largest absolute Gasteiger partial charge is 0.334 e. The molecule has 1 aliphatic heterocycles. The molecule has 0 radical (unpaired) electrons. The first-order chi connectivity index (χ1) is 15.5. The molecule has 8 nitrogen and oxygen atoms in total. The summed E-state index contributed by atoms with van der Waals surface area (Å²) in [5.74, 6) is 0.907. The Balaban J connectivity index is 1.43. The molecule has 0 bridgehead atoms. The van der Waals surface area contributed by atoms with E-state index >= 15 is 0 Å². The number of hydrogen-bond donors (Lipinski definition) is 0. The van der Waals surface area contributed by atoms with E-state index in [2.05, 4.69) is 15.1 Å². The molecule has 3 heterocycles. The van der Waals surface area contributed by atoms with Crippen molar-refractivity contribution in [2.45, 2.75) is 58.5 Å². The van der Waals surface area contributed by atoms with Crippen LogP contribution < -0.4 is 11.2 Å². The van der Waals surface area contributed by atoms with Gasteiger partial charge in [-0.3, -0.25) is 13.9 Å². The van der Waals surface area contributed by atoms with Crippen molar-refractivity contribution in [1.29, 1.82) is 0 Å². The number of unbranched alkanes of at least 4 members (excludes halogenated alkanes) is 2. The Labute approximate surface area is 188 Å². The second-order valence-electron chi connectivity index (χ2n) is 7.69. The zero-order valence-corrected chi connectivity index (χ0v) is 18.4. The van der Waals surface area contributed by atoms with E-state index in [4.69, 9.17) is 16.1 Å². The maximum absolute atomic E-state index is 13.1. The number of rotatable bonds is 9. The van der Waals surface area contributed by atoms with Gasteiger partial charge in [0.15, 0.2) is 5.82 Å². The van der Waals surface area contributed by atoms with Crippen LogP contribution in [0.5, 0.6) is 0 Å². The number of halogens is 2. The first-order valence-corrected chi connectivity index (χ1v) is 11.0. The average Bonchev–Trinajstić information content (AvgIpc) is 3.40. The highest BCUT2D eigenvalue weighted by atomic mass is 35.5. The molecule has 0 N–H and O–H groups in total. The summed E-state index contributed by atoms with van der Waals surface area (Å²) < 4.78 is 21.1. The molecular weight excluding hydrogens is 437 g/mol. The lowest BCUT2D eigenvalue weighted by Crippen LogP contribution is -2.41. The van der Waals surface area contributed by atoms with E-state index in [1.54, 1.807) is 16.7 Å². The minimum atomic E-state index is -0.351. The van der Waals surface area contributed by atoms with E-state index in [0.717, 1.165) is 12.8 Å². The van der Waals surface area contributed by atoms with Gasteiger partial charge in [0, 0.05) is 31.5 Å². The molecule has 32 heavy (non-hydrogen) atoms. The minimum Gasteiger partial charge on any atom is -0.334 e. The van der Waals surface area contributed by atoms with E-state index in [-0.39, 0.29) is 30.0 Å². The predicted molar refractivity (Wildman–Crippen MR) is 119 cm³/mol. The van der Waals surface area contributed by atoms with Crippen LogP contribution in [0.1, 0.15) is 44.0 Å². The van der Waals surface area contributed by atoms with E-state index in [1.165, 1.54) is 16.7 Å². The molecule has 2 aromatic heterocycles. The van der Waals surface area contributed by atoms with Gasteiger partial charge in [-0.2, -0.15) is 4.98 Å². The molecule has 4 rings (SSSR count). The third kappa shape index (κ3) is 4.57. The highest BCUT2D eigenvalue weighted by Crippen LogP contribution is 2.24. The Hall–Kier alpha value is -3.07. The van der Waals surface area contributed by atoms with E-state index < -0.39 is 0 Å². The molecule has 10 heteroatoms. The number of hydrogen-bond acceptors (Lipinski definition) is 6. The fourth-order valence-corrected chi connectivity index (χ4v) is 3.87. The van der Waals surface area contributed by atoms with Crippen molar-refractivity contribution in [3.63, 3.8) is 0 Å². The Morgan fingerprint density at radius 3 is 2.59 bits per heavy atom. The number of aromatic nitrogens is 4. The van der Waals surface area contributed by atoms with E-state index in [0.29, 0.717) is 59.6 Å². The molecule has 0 amide bonds. The van der Waals surface area contributed by atoms with Crippen LogP contribution in [0.25, 0.3) is 11.5 Å². The van der Waals surface area contributed by atoms with Crippen LogP contribution in [0.2, 0.25) is 0 Å². The van der Waals surface area contributed by atoms with Gasteiger partial charge in [-0.05, 0) is 43.5 Å². The Morgan fingerprint density at radius 2 is 1.84 bits per heavy atom. The third-order valence-corrected chi connectivity index (χ3v) is 5.59. The van der Waals surface area contributed by atoms with Crippen LogP contribution in [-0.4, -0.2) is 24.4 Å². The summed E-state index contributed by atoms with van der Waals surface area (Å²) in [5.41, 5.74) is 0.446. The SMILES string of the molecule is CCCCn1c2c(c(=O)n(CCCCc3noc(-c4ccc(F)cc4)n3)c1=O)CC(Cl)=N2. The lowest BCUT2D eigenvalue weighted by atomic mass is 10.2. The minimum absolute atomic E-state index is 0.261. The zero-order chi connectivity index (χ0) is 22.7. The van der Waals surface area contributed by atoms with Crippen LogP contribution >= 0.6 is 11.6 Å². The number of benzene rings is 1. The summed E-state index contributed by atoms with van der Waals surface area (Å²) in [6.45, 7) is 2.83. The smallest absolute Gasteiger partial charge is 0.332 e. The van der Waals surface area contributed by atoms with Gasteiger partial charge in [0.1, 0.15) is 16.8 Å². The molecule has 168 valence electrons. The van der Waals surface area contributed by atoms with Crippen LogP contribution in [-0.2, 0) is 25.9 Å². The highest BCUT2D eigenvalue weighted by Gasteiger charge is 2.24. The van der Waals surface area contributed by atoms with Crippen molar-refractivity contribution >= 4 is 22.6 Å². The van der Waals surface area contributed by atoms with Crippen LogP contribution in [0.3, 0.4) is 0 Å². The topological polar surface area (TPSA) is 95.3 Å². The molecule has 0 saturated carbocycles. The Kier molecular flexibility index (Phi) is 6.64. The number of fused-ring (bicyclic) bond motifs is 1. The summed E-state index contributed by atoms with van der Waals surface area (Å²) in [7, 11) is 0. The Morgan fingerprint density at radius 1 is 1.09 bits per heavy atom. The zero-order valence-electron chi connectivity index (χ0n) is 17.7. The normalized spacial score (nSPS) is 12.8.